The first-order chi connectivity index (χ1) is 11.0. The molecule has 24 heavy (non-hydrogen) atoms. The maximum atomic E-state index is 11.7. The number of nitro benzene ring substituents is 1. The van der Waals surface area contributed by atoms with Gasteiger partial charge in [-0.1, -0.05) is 26.8 Å². The molecule has 1 atom stereocenters. The number of phenolic OH excluding ortho intramolecular Hbond substituents is 1. The molecular formula is C15H20N2O7. The van der Waals surface area contributed by atoms with Crippen LogP contribution in [0, 0.1) is 15.5 Å². The van der Waals surface area contributed by atoms with Crippen LogP contribution in [0.15, 0.2) is 18.2 Å². The number of hydrogen-bond acceptors (Lipinski definition) is 6. The molecular weight excluding hydrogens is 320 g/mol. The summed E-state index contributed by atoms with van der Waals surface area (Å²) in [5, 5.41) is 31.6. The number of carboxylic acids is 1. The summed E-state index contributed by atoms with van der Waals surface area (Å²) in [6, 6.07) is 2.19. The van der Waals surface area contributed by atoms with E-state index in [1.54, 1.807) is 0 Å². The number of phenols is 1. The van der Waals surface area contributed by atoms with Gasteiger partial charge in [0.15, 0.2) is 5.75 Å². The van der Waals surface area contributed by atoms with E-state index in [2.05, 4.69) is 5.32 Å². The number of carbonyl (C=O) groups excluding carboxylic acids is 1. The summed E-state index contributed by atoms with van der Waals surface area (Å²) in [6.07, 6.45) is -1.08. The Morgan fingerprint density at radius 1 is 1.38 bits per heavy atom. The first kappa shape index (κ1) is 19.2. The molecule has 0 unspecified atom stereocenters. The van der Waals surface area contributed by atoms with E-state index in [0.717, 1.165) is 12.1 Å². The second kappa shape index (κ2) is 7.62. The highest BCUT2D eigenvalue weighted by Crippen LogP contribution is 2.26. The smallest absolute Gasteiger partial charge is 0.407 e. The van der Waals surface area contributed by atoms with E-state index in [9.17, 15) is 29.9 Å². The first-order valence-corrected chi connectivity index (χ1v) is 7.12. The molecule has 1 aromatic carbocycles. The third kappa shape index (κ3) is 6.11. The molecule has 0 aliphatic heterocycles. The zero-order valence-corrected chi connectivity index (χ0v) is 13.6. The molecule has 0 aliphatic rings. The van der Waals surface area contributed by atoms with Crippen LogP contribution in [0.4, 0.5) is 10.5 Å². The van der Waals surface area contributed by atoms with Crippen molar-refractivity contribution in [3.8, 4) is 5.75 Å². The number of benzene rings is 1. The van der Waals surface area contributed by atoms with Gasteiger partial charge in [-0.3, -0.25) is 10.1 Å². The SMILES string of the molecule is CC(C)(C)COC(=O)N[C@@H](Cc1ccc(O)c([N+](=O)[O-])c1)C(=O)O. The summed E-state index contributed by atoms with van der Waals surface area (Å²) in [7, 11) is 0. The Bertz CT molecular complexity index is 637. The van der Waals surface area contributed by atoms with Crippen LogP contribution in [0.3, 0.4) is 0 Å². The normalized spacial score (nSPS) is 12.3. The average Bonchev–Trinajstić information content (AvgIpc) is 2.45. The maximum Gasteiger partial charge on any atom is 0.407 e. The number of hydrogen-bond donors (Lipinski definition) is 3. The molecule has 0 saturated heterocycles. The molecule has 1 aromatic rings. The fourth-order valence-corrected chi connectivity index (χ4v) is 1.74. The van der Waals surface area contributed by atoms with Crippen LogP contribution in [0.5, 0.6) is 5.75 Å². The van der Waals surface area contributed by atoms with Crippen LogP contribution >= 0.6 is 0 Å². The Kier molecular flexibility index (Phi) is 6.10. The summed E-state index contributed by atoms with van der Waals surface area (Å²) >= 11 is 0. The molecule has 0 heterocycles. The van der Waals surface area contributed by atoms with E-state index in [0.29, 0.717) is 0 Å². The fourth-order valence-electron chi connectivity index (χ4n) is 1.74. The van der Waals surface area contributed by atoms with Crippen molar-refractivity contribution in [3.63, 3.8) is 0 Å². The molecule has 1 rings (SSSR count). The van der Waals surface area contributed by atoms with Crippen LogP contribution < -0.4 is 5.32 Å². The molecule has 0 radical (unpaired) electrons. The number of nitrogens with one attached hydrogen (secondary N) is 1. The molecule has 132 valence electrons. The second-order valence-corrected chi connectivity index (χ2v) is 6.46. The van der Waals surface area contributed by atoms with Crippen LogP contribution in [-0.2, 0) is 16.0 Å². The second-order valence-electron chi connectivity index (χ2n) is 6.46. The predicted molar refractivity (Wildman–Crippen MR) is 83.8 cm³/mol. The van der Waals surface area contributed by atoms with Crippen molar-refractivity contribution in [2.24, 2.45) is 5.41 Å². The van der Waals surface area contributed by atoms with E-state index in [1.807, 2.05) is 20.8 Å². The molecule has 9 heteroatoms. The number of ether oxygens (including phenoxy) is 1. The lowest BCUT2D eigenvalue weighted by atomic mass is 9.99. The van der Waals surface area contributed by atoms with Crippen molar-refractivity contribution in [2.45, 2.75) is 33.2 Å². The highest BCUT2D eigenvalue weighted by molar-refractivity contribution is 5.80. The third-order valence-electron chi connectivity index (χ3n) is 2.90. The monoisotopic (exact) mass is 340 g/mol. The van der Waals surface area contributed by atoms with E-state index < -0.39 is 34.5 Å². The Morgan fingerprint density at radius 3 is 2.50 bits per heavy atom. The van der Waals surface area contributed by atoms with E-state index in [4.69, 9.17) is 4.74 Å². The maximum absolute atomic E-state index is 11.7. The lowest BCUT2D eigenvalue weighted by Crippen LogP contribution is -2.43. The van der Waals surface area contributed by atoms with Crippen molar-refractivity contribution < 1.29 is 29.5 Å². The lowest BCUT2D eigenvalue weighted by Gasteiger charge is -2.20. The number of nitro groups is 1. The molecule has 9 nitrogen and oxygen atoms in total. The summed E-state index contributed by atoms with van der Waals surface area (Å²) in [5.41, 5.74) is -0.525. The summed E-state index contributed by atoms with van der Waals surface area (Å²) < 4.78 is 4.94. The van der Waals surface area contributed by atoms with E-state index in [1.165, 1.54) is 6.07 Å². The number of aromatic hydroxyl groups is 1. The van der Waals surface area contributed by atoms with Crippen molar-refractivity contribution in [3.05, 3.63) is 33.9 Å². The zero-order chi connectivity index (χ0) is 18.5. The van der Waals surface area contributed by atoms with Gasteiger partial charge in [0.05, 0.1) is 11.5 Å². The Morgan fingerprint density at radius 2 is 2.00 bits per heavy atom. The fraction of sp³-hybridized carbons (Fsp3) is 0.467. The van der Waals surface area contributed by atoms with Gasteiger partial charge in [-0.2, -0.15) is 0 Å². The lowest BCUT2D eigenvalue weighted by molar-refractivity contribution is -0.385. The minimum atomic E-state index is -1.32. The Balaban J connectivity index is 2.80. The number of aliphatic carboxylic acids is 1. The summed E-state index contributed by atoms with van der Waals surface area (Å²) in [5.74, 6) is -1.83. The van der Waals surface area contributed by atoms with Crippen LogP contribution in [0.25, 0.3) is 0 Å². The van der Waals surface area contributed by atoms with E-state index in [-0.39, 0.29) is 24.0 Å². The summed E-state index contributed by atoms with van der Waals surface area (Å²) in [4.78, 5) is 33.0. The van der Waals surface area contributed by atoms with Crippen molar-refractivity contribution in [2.75, 3.05) is 6.61 Å². The topological polar surface area (TPSA) is 139 Å². The van der Waals surface area contributed by atoms with Gasteiger partial charge in [0.1, 0.15) is 6.04 Å². The highest BCUT2D eigenvalue weighted by atomic mass is 16.6. The van der Waals surface area contributed by atoms with Crippen LogP contribution in [0.2, 0.25) is 0 Å². The number of carbonyl (C=O) groups is 2. The number of alkyl carbamates (subject to hydrolysis) is 1. The number of carboxylic acid groups (broad SMARTS) is 1. The zero-order valence-electron chi connectivity index (χ0n) is 13.6. The van der Waals surface area contributed by atoms with Gasteiger partial charge in [0.2, 0.25) is 0 Å². The summed E-state index contributed by atoms with van der Waals surface area (Å²) in [6.45, 7) is 5.66. The quantitative estimate of drug-likeness (QED) is 0.532. The predicted octanol–water partition coefficient (Wildman–Crippen LogP) is 2.07. The molecule has 0 bridgehead atoms. The van der Waals surface area contributed by atoms with Crippen molar-refractivity contribution in [1.29, 1.82) is 0 Å². The molecule has 0 fully saturated rings. The standard InChI is InChI=1S/C15H20N2O7/c1-15(2,3)8-24-14(21)16-10(13(19)20)6-9-4-5-12(18)11(7-9)17(22)23/h4-5,7,10,18H,6,8H2,1-3H3,(H,16,21)(H,19,20)/t10-/m0/s1. The van der Waals surface area contributed by atoms with Gasteiger partial charge >= 0.3 is 17.7 Å². The number of rotatable bonds is 6. The van der Waals surface area contributed by atoms with Gasteiger partial charge in [-0.05, 0) is 17.0 Å². The van der Waals surface area contributed by atoms with Gasteiger partial charge < -0.3 is 20.3 Å². The molecule has 0 saturated carbocycles. The van der Waals surface area contributed by atoms with Gasteiger partial charge in [0, 0.05) is 12.5 Å². The third-order valence-corrected chi connectivity index (χ3v) is 2.90. The number of nitrogens with zero attached hydrogens (tertiary/aromatic N) is 1. The first-order valence-electron chi connectivity index (χ1n) is 7.12. The molecule has 0 aliphatic carbocycles. The highest BCUT2D eigenvalue weighted by Gasteiger charge is 2.24. The molecule has 1 amide bonds. The molecule has 0 spiro atoms. The largest absolute Gasteiger partial charge is 0.502 e. The van der Waals surface area contributed by atoms with Gasteiger partial charge in [-0.25, -0.2) is 9.59 Å². The Hall–Kier alpha value is -2.84. The van der Waals surface area contributed by atoms with Crippen LogP contribution in [0.1, 0.15) is 26.3 Å². The minimum absolute atomic E-state index is 0.107. The minimum Gasteiger partial charge on any atom is -0.502 e. The van der Waals surface area contributed by atoms with Crippen molar-refractivity contribution in [1.82, 2.24) is 5.32 Å². The van der Waals surface area contributed by atoms with Gasteiger partial charge in [0.25, 0.3) is 0 Å². The van der Waals surface area contributed by atoms with E-state index >= 15 is 0 Å². The molecule has 0 aromatic heterocycles. The van der Waals surface area contributed by atoms with Gasteiger partial charge in [-0.15, -0.1) is 0 Å². The van der Waals surface area contributed by atoms with Crippen LogP contribution in [-0.4, -0.2) is 39.8 Å². The van der Waals surface area contributed by atoms with Crippen molar-refractivity contribution >= 4 is 17.7 Å². The Labute approximate surface area is 138 Å². The molecule has 3 N–H and O–H groups in total. The average molecular weight is 340 g/mol. The number of amides is 1.